The zero-order valence-electron chi connectivity index (χ0n) is 13.5. The summed E-state index contributed by atoms with van der Waals surface area (Å²) in [5, 5.41) is 11.5. The Hall–Kier alpha value is -1.55. The van der Waals surface area contributed by atoms with Gasteiger partial charge in [0, 0.05) is 29.5 Å². The minimum absolute atomic E-state index is 0.173. The number of carbonyl (C=O) groups excluding carboxylic acids is 1. The van der Waals surface area contributed by atoms with Crippen LogP contribution in [-0.2, 0) is 24.1 Å². The molecule has 1 aliphatic heterocycles. The molecule has 0 aromatic heterocycles. The minimum atomic E-state index is 0.173. The zero-order valence-corrected chi connectivity index (χ0v) is 15.1. The summed E-state index contributed by atoms with van der Waals surface area (Å²) in [5.74, 6) is 0.505. The van der Waals surface area contributed by atoms with Crippen LogP contribution in [0, 0.1) is 0 Å². The second-order valence-electron chi connectivity index (χ2n) is 5.79. The SMILES string of the molecule is C=CCc1cc2c(c(CC=C)c1O)CCC(=O)N2CCCCBr. The summed E-state index contributed by atoms with van der Waals surface area (Å²) >= 11 is 3.44. The number of benzene rings is 1. The van der Waals surface area contributed by atoms with Gasteiger partial charge in [-0.3, -0.25) is 4.79 Å². The second kappa shape index (κ2) is 8.34. The van der Waals surface area contributed by atoms with E-state index in [1.807, 2.05) is 11.0 Å². The number of anilines is 1. The van der Waals surface area contributed by atoms with Gasteiger partial charge in [0.05, 0.1) is 0 Å². The van der Waals surface area contributed by atoms with E-state index in [0.29, 0.717) is 31.4 Å². The first-order chi connectivity index (χ1) is 11.1. The molecule has 0 saturated heterocycles. The number of phenols is 1. The molecule has 1 aromatic rings. The van der Waals surface area contributed by atoms with Crippen molar-refractivity contribution in [2.75, 3.05) is 16.8 Å². The molecule has 0 fully saturated rings. The summed E-state index contributed by atoms with van der Waals surface area (Å²) in [6, 6.07) is 1.96. The van der Waals surface area contributed by atoms with E-state index in [9.17, 15) is 9.90 Å². The Kier molecular flexibility index (Phi) is 6.46. The van der Waals surface area contributed by atoms with E-state index < -0.39 is 0 Å². The summed E-state index contributed by atoms with van der Waals surface area (Å²) in [7, 11) is 0. The molecule has 0 radical (unpaired) electrons. The molecule has 1 aromatic carbocycles. The number of hydrogen-bond donors (Lipinski definition) is 1. The van der Waals surface area contributed by atoms with Gasteiger partial charge in [-0.05, 0) is 49.3 Å². The molecule has 23 heavy (non-hydrogen) atoms. The van der Waals surface area contributed by atoms with Crippen LogP contribution in [0.1, 0.15) is 36.0 Å². The minimum Gasteiger partial charge on any atom is -0.507 e. The van der Waals surface area contributed by atoms with Gasteiger partial charge in [-0.1, -0.05) is 28.1 Å². The highest BCUT2D eigenvalue weighted by Gasteiger charge is 2.28. The van der Waals surface area contributed by atoms with Gasteiger partial charge in [0.2, 0.25) is 5.91 Å². The molecule has 0 atom stereocenters. The van der Waals surface area contributed by atoms with Crippen molar-refractivity contribution >= 4 is 27.5 Å². The molecule has 0 aliphatic carbocycles. The Morgan fingerprint density at radius 3 is 2.61 bits per heavy atom. The maximum Gasteiger partial charge on any atom is 0.227 e. The molecular weight excluding hydrogens is 354 g/mol. The standard InChI is InChI=1S/C19H24BrNO2/c1-3-7-14-13-17-15(16(8-4-2)19(14)23)9-10-18(22)21(17)12-6-5-11-20/h3-4,13,23H,1-2,5-12H2. The Labute approximate surface area is 146 Å². The van der Waals surface area contributed by atoms with E-state index in [1.165, 1.54) is 0 Å². The summed E-state index contributed by atoms with van der Waals surface area (Å²) in [6.07, 6.45) is 7.98. The van der Waals surface area contributed by atoms with Crippen LogP contribution in [-0.4, -0.2) is 22.9 Å². The monoisotopic (exact) mass is 377 g/mol. The highest BCUT2D eigenvalue weighted by atomic mass is 79.9. The average Bonchev–Trinajstić information content (AvgIpc) is 2.54. The van der Waals surface area contributed by atoms with Gasteiger partial charge >= 0.3 is 0 Å². The maximum absolute atomic E-state index is 12.4. The van der Waals surface area contributed by atoms with Crippen molar-refractivity contribution in [3.63, 3.8) is 0 Å². The fourth-order valence-electron chi connectivity index (χ4n) is 3.12. The van der Waals surface area contributed by atoms with Crippen LogP contribution in [0.25, 0.3) is 0 Å². The van der Waals surface area contributed by atoms with Crippen LogP contribution in [0.4, 0.5) is 5.69 Å². The van der Waals surface area contributed by atoms with Crippen molar-refractivity contribution in [1.29, 1.82) is 0 Å². The van der Waals surface area contributed by atoms with Crippen LogP contribution in [0.3, 0.4) is 0 Å². The first-order valence-electron chi connectivity index (χ1n) is 8.08. The van der Waals surface area contributed by atoms with E-state index in [-0.39, 0.29) is 5.91 Å². The van der Waals surface area contributed by atoms with Crippen molar-refractivity contribution in [3.05, 3.63) is 48.1 Å². The Balaban J connectivity index is 2.48. The van der Waals surface area contributed by atoms with E-state index in [0.717, 1.165) is 47.1 Å². The van der Waals surface area contributed by atoms with Crippen LogP contribution >= 0.6 is 15.9 Å². The number of allylic oxidation sites excluding steroid dienone is 2. The molecule has 4 heteroatoms. The van der Waals surface area contributed by atoms with Crippen molar-refractivity contribution in [3.8, 4) is 5.75 Å². The number of nitrogens with zero attached hydrogens (tertiary/aromatic N) is 1. The quantitative estimate of drug-likeness (QED) is 0.416. The summed E-state index contributed by atoms with van der Waals surface area (Å²) < 4.78 is 0. The Morgan fingerprint density at radius 1 is 1.22 bits per heavy atom. The van der Waals surface area contributed by atoms with E-state index in [4.69, 9.17) is 0 Å². The molecule has 0 bridgehead atoms. The van der Waals surface area contributed by atoms with Gasteiger partial charge in [0.25, 0.3) is 0 Å². The fraction of sp³-hybridized carbons (Fsp3) is 0.421. The number of carbonyl (C=O) groups is 1. The van der Waals surface area contributed by atoms with Gasteiger partial charge in [0.1, 0.15) is 5.75 Å². The molecule has 0 unspecified atom stereocenters. The predicted octanol–water partition coefficient (Wildman–Crippen LogP) is 4.30. The van der Waals surface area contributed by atoms with Crippen LogP contribution in [0.2, 0.25) is 0 Å². The van der Waals surface area contributed by atoms with E-state index in [1.54, 1.807) is 12.2 Å². The predicted molar refractivity (Wildman–Crippen MR) is 99.6 cm³/mol. The van der Waals surface area contributed by atoms with Gasteiger partial charge in [-0.15, -0.1) is 13.2 Å². The third kappa shape index (κ3) is 3.86. The molecule has 1 N–H and O–H groups in total. The number of amides is 1. The molecule has 0 spiro atoms. The zero-order chi connectivity index (χ0) is 16.8. The van der Waals surface area contributed by atoms with Crippen molar-refractivity contribution in [2.45, 2.75) is 38.5 Å². The van der Waals surface area contributed by atoms with E-state index >= 15 is 0 Å². The van der Waals surface area contributed by atoms with Crippen molar-refractivity contribution in [1.82, 2.24) is 0 Å². The van der Waals surface area contributed by atoms with Crippen molar-refractivity contribution < 1.29 is 9.90 Å². The van der Waals surface area contributed by atoms with Gasteiger partial charge in [-0.25, -0.2) is 0 Å². The second-order valence-corrected chi connectivity index (χ2v) is 6.58. The third-order valence-electron chi connectivity index (χ3n) is 4.23. The van der Waals surface area contributed by atoms with Crippen LogP contribution in [0.15, 0.2) is 31.4 Å². The third-order valence-corrected chi connectivity index (χ3v) is 4.79. The lowest BCUT2D eigenvalue weighted by atomic mass is 9.90. The number of aromatic hydroxyl groups is 1. The Bertz CT molecular complexity index is 610. The fourth-order valence-corrected chi connectivity index (χ4v) is 3.51. The topological polar surface area (TPSA) is 40.5 Å². The first kappa shape index (κ1) is 17.8. The number of unbranched alkanes of at least 4 members (excludes halogenated alkanes) is 1. The highest BCUT2D eigenvalue weighted by Crippen LogP contribution is 2.39. The summed E-state index contributed by atoms with van der Waals surface area (Å²) in [5.41, 5.74) is 3.79. The Morgan fingerprint density at radius 2 is 1.96 bits per heavy atom. The summed E-state index contributed by atoms with van der Waals surface area (Å²) in [4.78, 5) is 14.3. The first-order valence-corrected chi connectivity index (χ1v) is 9.20. The number of hydrogen-bond acceptors (Lipinski definition) is 2. The normalized spacial score (nSPS) is 13.8. The molecule has 124 valence electrons. The number of alkyl halides is 1. The molecular formula is C19H24BrNO2. The number of phenolic OH excluding ortho intramolecular Hbond substituents is 1. The molecule has 1 amide bonds. The smallest absolute Gasteiger partial charge is 0.227 e. The lowest BCUT2D eigenvalue weighted by Gasteiger charge is -2.32. The molecule has 2 rings (SSSR count). The lowest BCUT2D eigenvalue weighted by molar-refractivity contribution is -0.118. The van der Waals surface area contributed by atoms with E-state index in [2.05, 4.69) is 29.1 Å². The summed E-state index contributed by atoms with van der Waals surface area (Å²) in [6.45, 7) is 8.29. The molecule has 3 nitrogen and oxygen atoms in total. The van der Waals surface area contributed by atoms with Crippen LogP contribution < -0.4 is 4.90 Å². The van der Waals surface area contributed by atoms with Crippen LogP contribution in [0.5, 0.6) is 5.75 Å². The molecule has 1 heterocycles. The van der Waals surface area contributed by atoms with Gasteiger partial charge < -0.3 is 10.0 Å². The average molecular weight is 378 g/mol. The maximum atomic E-state index is 12.4. The molecule has 0 saturated carbocycles. The number of rotatable bonds is 8. The molecule has 1 aliphatic rings. The highest BCUT2D eigenvalue weighted by molar-refractivity contribution is 9.09. The largest absolute Gasteiger partial charge is 0.507 e. The number of halogens is 1. The lowest BCUT2D eigenvalue weighted by Crippen LogP contribution is -2.36. The number of fused-ring (bicyclic) bond motifs is 1. The van der Waals surface area contributed by atoms with Crippen molar-refractivity contribution in [2.24, 2.45) is 0 Å². The van der Waals surface area contributed by atoms with Gasteiger partial charge in [-0.2, -0.15) is 0 Å². The van der Waals surface area contributed by atoms with Gasteiger partial charge in [0.15, 0.2) is 0 Å².